The second-order valence-corrected chi connectivity index (χ2v) is 9.00. The van der Waals surface area contributed by atoms with E-state index in [1.165, 1.54) is 11.3 Å². The fourth-order valence-corrected chi connectivity index (χ4v) is 5.33. The lowest BCUT2D eigenvalue weighted by molar-refractivity contribution is -0.116. The molecule has 1 aromatic carbocycles. The molecule has 0 bridgehead atoms. The fraction of sp³-hybridized carbons (Fsp3) is 0.364. The molecule has 0 saturated carbocycles. The molecule has 0 radical (unpaired) electrons. The van der Waals surface area contributed by atoms with Gasteiger partial charge in [-0.15, -0.1) is 11.3 Å². The molecule has 9 heteroatoms. The summed E-state index contributed by atoms with van der Waals surface area (Å²) < 4.78 is 0. The van der Waals surface area contributed by atoms with Gasteiger partial charge in [0.15, 0.2) is 0 Å². The maximum Gasteiger partial charge on any atom is 0.268 e. The molecule has 4 amide bonds. The molecule has 2 aliphatic rings. The Kier molecular flexibility index (Phi) is 5.88. The van der Waals surface area contributed by atoms with E-state index in [2.05, 4.69) is 10.7 Å². The highest BCUT2D eigenvalue weighted by atomic mass is 32.1. The maximum atomic E-state index is 12.9. The molecule has 162 valence electrons. The van der Waals surface area contributed by atoms with Crippen LogP contribution in [-0.2, 0) is 17.6 Å². The minimum Gasteiger partial charge on any atom is -0.315 e. The molecular weight excluding hydrogens is 416 g/mol. The van der Waals surface area contributed by atoms with Crippen LogP contribution in [0.2, 0.25) is 0 Å². The minimum absolute atomic E-state index is 0.277. The van der Waals surface area contributed by atoms with Crippen LogP contribution in [0.1, 0.15) is 60.8 Å². The second kappa shape index (κ2) is 8.60. The second-order valence-electron chi connectivity index (χ2n) is 7.89. The largest absolute Gasteiger partial charge is 0.315 e. The van der Waals surface area contributed by atoms with Gasteiger partial charge in [-0.1, -0.05) is 18.6 Å². The number of amides is 4. The number of thiophene rings is 1. The van der Waals surface area contributed by atoms with Gasteiger partial charge in [-0.25, -0.2) is 5.01 Å². The molecule has 1 aromatic heterocycles. The van der Waals surface area contributed by atoms with Crippen LogP contribution in [0.5, 0.6) is 0 Å². The Morgan fingerprint density at radius 3 is 2.32 bits per heavy atom. The summed E-state index contributed by atoms with van der Waals surface area (Å²) in [6.07, 6.45) is 4.81. The van der Waals surface area contributed by atoms with E-state index in [0.29, 0.717) is 21.7 Å². The summed E-state index contributed by atoms with van der Waals surface area (Å²) in [6.45, 7) is -0.399. The van der Waals surface area contributed by atoms with Crippen LogP contribution in [0.4, 0.5) is 5.00 Å². The van der Waals surface area contributed by atoms with Crippen molar-refractivity contribution in [2.75, 3.05) is 26.0 Å². The summed E-state index contributed by atoms with van der Waals surface area (Å²) in [4.78, 5) is 52.8. The number of carbonyl (C=O) groups excluding carboxylic acids is 4. The summed E-state index contributed by atoms with van der Waals surface area (Å²) in [5, 5.41) is 4.82. The van der Waals surface area contributed by atoms with E-state index < -0.39 is 24.3 Å². The molecule has 0 unspecified atom stereocenters. The maximum absolute atomic E-state index is 12.9. The van der Waals surface area contributed by atoms with Crippen LogP contribution in [0, 0.1) is 0 Å². The Labute approximate surface area is 184 Å². The standard InChI is InChI=1S/C22H24N4O4S/c1-25(2)24-19(28)18-15-10-4-3-5-11-16(15)31-20(18)23-17(27)12-26-21(29)13-8-6-7-9-14(13)22(26)30/h6-9H,3-5,10-12H2,1-2H3,(H,23,27)(H,24,28). The topological polar surface area (TPSA) is 98.8 Å². The zero-order valence-corrected chi connectivity index (χ0v) is 18.3. The fourth-order valence-electron chi connectivity index (χ4n) is 4.02. The van der Waals surface area contributed by atoms with Crippen molar-refractivity contribution in [1.29, 1.82) is 0 Å². The van der Waals surface area contributed by atoms with Crippen LogP contribution >= 0.6 is 11.3 Å². The smallest absolute Gasteiger partial charge is 0.268 e. The number of aryl methyl sites for hydroxylation is 1. The molecule has 0 spiro atoms. The molecule has 1 aliphatic heterocycles. The molecule has 8 nitrogen and oxygen atoms in total. The highest BCUT2D eigenvalue weighted by Crippen LogP contribution is 2.37. The van der Waals surface area contributed by atoms with E-state index in [1.54, 1.807) is 43.4 Å². The van der Waals surface area contributed by atoms with E-state index in [-0.39, 0.29) is 5.91 Å². The molecule has 0 atom stereocenters. The number of nitrogens with one attached hydrogen (secondary N) is 2. The quantitative estimate of drug-likeness (QED) is 0.423. The van der Waals surface area contributed by atoms with Crippen LogP contribution < -0.4 is 10.7 Å². The first kappa shape index (κ1) is 21.2. The lowest BCUT2D eigenvalue weighted by atomic mass is 10.1. The summed E-state index contributed by atoms with van der Waals surface area (Å²) in [7, 11) is 3.45. The van der Waals surface area contributed by atoms with E-state index >= 15 is 0 Å². The van der Waals surface area contributed by atoms with Gasteiger partial charge in [-0.3, -0.25) is 29.5 Å². The lowest BCUT2D eigenvalue weighted by Crippen LogP contribution is -2.38. The normalized spacial score (nSPS) is 15.5. The zero-order chi connectivity index (χ0) is 22.1. The number of benzene rings is 1. The molecule has 2 aromatic rings. The van der Waals surface area contributed by atoms with E-state index in [0.717, 1.165) is 47.4 Å². The zero-order valence-electron chi connectivity index (χ0n) is 17.5. The van der Waals surface area contributed by atoms with Crippen molar-refractivity contribution in [2.45, 2.75) is 32.1 Å². The monoisotopic (exact) mass is 440 g/mol. The predicted molar refractivity (Wildman–Crippen MR) is 117 cm³/mol. The van der Waals surface area contributed by atoms with E-state index in [1.807, 2.05) is 0 Å². The Morgan fingerprint density at radius 2 is 1.68 bits per heavy atom. The summed E-state index contributed by atoms with van der Waals surface area (Å²) in [6, 6.07) is 6.52. The van der Waals surface area contributed by atoms with Crippen LogP contribution in [-0.4, -0.2) is 54.2 Å². The third kappa shape index (κ3) is 4.11. The van der Waals surface area contributed by atoms with E-state index in [4.69, 9.17) is 0 Å². The number of imide groups is 1. The average molecular weight is 441 g/mol. The first-order valence-electron chi connectivity index (χ1n) is 10.2. The number of hydrogen-bond donors (Lipinski definition) is 2. The van der Waals surface area contributed by atoms with Crippen molar-refractivity contribution in [3.05, 3.63) is 51.4 Å². The number of nitrogens with zero attached hydrogens (tertiary/aromatic N) is 2. The SMILES string of the molecule is CN(C)NC(=O)c1c(NC(=O)CN2C(=O)c3ccccc3C2=O)sc2c1CCCCC2. The van der Waals surface area contributed by atoms with Gasteiger partial charge in [-0.05, 0) is 43.4 Å². The van der Waals surface area contributed by atoms with Crippen molar-refractivity contribution in [2.24, 2.45) is 0 Å². The third-order valence-corrected chi connectivity index (χ3v) is 6.61. The molecule has 31 heavy (non-hydrogen) atoms. The van der Waals surface area contributed by atoms with Crippen molar-refractivity contribution >= 4 is 40.0 Å². The van der Waals surface area contributed by atoms with Gasteiger partial charge >= 0.3 is 0 Å². The Morgan fingerprint density at radius 1 is 1.03 bits per heavy atom. The highest BCUT2D eigenvalue weighted by Gasteiger charge is 2.36. The van der Waals surface area contributed by atoms with Gasteiger partial charge in [0.05, 0.1) is 16.7 Å². The molecule has 0 saturated heterocycles. The minimum atomic E-state index is -0.509. The van der Waals surface area contributed by atoms with Crippen molar-refractivity contribution in [3.8, 4) is 0 Å². The van der Waals surface area contributed by atoms with Crippen LogP contribution in [0.25, 0.3) is 0 Å². The number of hydrazine groups is 1. The summed E-state index contributed by atoms with van der Waals surface area (Å²) in [5.41, 5.74) is 4.82. The molecular formula is C22H24N4O4S. The van der Waals surface area contributed by atoms with Gasteiger partial charge in [0, 0.05) is 19.0 Å². The summed E-state index contributed by atoms with van der Waals surface area (Å²) >= 11 is 1.41. The van der Waals surface area contributed by atoms with Crippen molar-refractivity contribution < 1.29 is 19.2 Å². The molecule has 2 N–H and O–H groups in total. The number of rotatable bonds is 5. The molecule has 4 rings (SSSR count). The third-order valence-electron chi connectivity index (χ3n) is 5.41. The van der Waals surface area contributed by atoms with Crippen LogP contribution in [0.15, 0.2) is 24.3 Å². The molecule has 0 fully saturated rings. The summed E-state index contributed by atoms with van der Waals surface area (Å²) in [5.74, 6) is -1.75. The first-order chi connectivity index (χ1) is 14.9. The average Bonchev–Trinajstić information content (AvgIpc) is 3.05. The van der Waals surface area contributed by atoms with Gasteiger partial charge < -0.3 is 5.32 Å². The number of anilines is 1. The van der Waals surface area contributed by atoms with E-state index in [9.17, 15) is 19.2 Å². The number of carbonyl (C=O) groups is 4. The molecule has 1 aliphatic carbocycles. The Hall–Kier alpha value is -3.04. The van der Waals surface area contributed by atoms with Gasteiger partial charge in [0.2, 0.25) is 5.91 Å². The Balaban J connectivity index is 1.56. The Bertz CT molecular complexity index is 1040. The van der Waals surface area contributed by atoms with Gasteiger partial charge in [0.25, 0.3) is 17.7 Å². The lowest BCUT2D eigenvalue weighted by Gasteiger charge is -2.16. The first-order valence-corrected chi connectivity index (χ1v) is 11.1. The number of hydrogen-bond acceptors (Lipinski definition) is 6. The van der Waals surface area contributed by atoms with Gasteiger partial charge in [0.1, 0.15) is 11.5 Å². The van der Waals surface area contributed by atoms with Crippen molar-refractivity contribution in [3.63, 3.8) is 0 Å². The predicted octanol–water partition coefficient (Wildman–Crippen LogP) is 2.46. The van der Waals surface area contributed by atoms with Gasteiger partial charge in [-0.2, -0.15) is 0 Å². The number of fused-ring (bicyclic) bond motifs is 2. The highest BCUT2D eigenvalue weighted by molar-refractivity contribution is 7.17. The van der Waals surface area contributed by atoms with Crippen LogP contribution in [0.3, 0.4) is 0 Å². The van der Waals surface area contributed by atoms with Crippen molar-refractivity contribution in [1.82, 2.24) is 15.3 Å². The molecule has 2 heterocycles.